The minimum atomic E-state index is -3.54. The van der Waals surface area contributed by atoms with Crippen molar-refractivity contribution < 1.29 is 13.2 Å². The third-order valence-electron chi connectivity index (χ3n) is 2.38. The predicted molar refractivity (Wildman–Crippen MR) is 83.5 cm³/mol. The molecule has 1 heterocycles. The van der Waals surface area contributed by atoms with Gasteiger partial charge in [-0.05, 0) is 40.2 Å². The number of sulfonamides is 1. The molecule has 2 aromatic rings. The number of hydrogen-bond acceptors (Lipinski definition) is 6. The zero-order valence-electron chi connectivity index (χ0n) is 10.9. The summed E-state index contributed by atoms with van der Waals surface area (Å²) in [5, 5.41) is 0. The van der Waals surface area contributed by atoms with E-state index in [4.69, 9.17) is 10.5 Å². The molecule has 0 spiro atoms. The highest BCUT2D eigenvalue weighted by Crippen LogP contribution is 2.13. The first-order valence-corrected chi connectivity index (χ1v) is 8.35. The molecule has 2 rings (SSSR count). The lowest BCUT2D eigenvalue weighted by Gasteiger charge is -2.08. The van der Waals surface area contributed by atoms with E-state index >= 15 is 0 Å². The van der Waals surface area contributed by atoms with E-state index in [9.17, 15) is 8.42 Å². The summed E-state index contributed by atoms with van der Waals surface area (Å²) in [6, 6.07) is 6.71. The van der Waals surface area contributed by atoms with Crippen LogP contribution in [0.2, 0.25) is 0 Å². The number of ether oxygens (including phenoxy) is 1. The zero-order chi connectivity index (χ0) is 15.3. The van der Waals surface area contributed by atoms with E-state index in [0.29, 0.717) is 16.0 Å². The second kappa shape index (κ2) is 6.72. The first kappa shape index (κ1) is 15.5. The van der Waals surface area contributed by atoms with Crippen LogP contribution < -0.4 is 15.2 Å². The number of halogens is 1. The van der Waals surface area contributed by atoms with E-state index in [2.05, 4.69) is 30.6 Å². The highest BCUT2D eigenvalue weighted by Gasteiger charge is 2.11. The van der Waals surface area contributed by atoms with E-state index in [1.165, 1.54) is 12.4 Å². The minimum absolute atomic E-state index is 0.0171. The molecule has 0 fully saturated rings. The lowest BCUT2D eigenvalue weighted by atomic mass is 10.3. The molecule has 0 bridgehead atoms. The normalized spacial score (nSPS) is 11.1. The number of anilines is 2. The Labute approximate surface area is 130 Å². The van der Waals surface area contributed by atoms with E-state index in [-0.39, 0.29) is 18.2 Å². The van der Waals surface area contributed by atoms with Gasteiger partial charge in [-0.2, -0.15) is 0 Å². The quantitative estimate of drug-likeness (QED) is 0.746. The molecule has 0 aliphatic heterocycles. The summed E-state index contributed by atoms with van der Waals surface area (Å²) in [7, 11) is -3.54. The van der Waals surface area contributed by atoms with E-state index in [1.54, 1.807) is 24.3 Å². The molecule has 1 aromatic carbocycles. The summed E-state index contributed by atoms with van der Waals surface area (Å²) in [5.41, 5.74) is 6.16. The van der Waals surface area contributed by atoms with Gasteiger partial charge in [-0.1, -0.05) is 0 Å². The first-order chi connectivity index (χ1) is 9.94. The number of rotatable bonds is 6. The van der Waals surface area contributed by atoms with Gasteiger partial charge in [-0.25, -0.2) is 18.4 Å². The van der Waals surface area contributed by atoms with Crippen LogP contribution in [0.3, 0.4) is 0 Å². The van der Waals surface area contributed by atoms with Gasteiger partial charge < -0.3 is 10.5 Å². The van der Waals surface area contributed by atoms with Crippen LogP contribution in [0.25, 0.3) is 0 Å². The minimum Gasteiger partial charge on any atom is -0.492 e. The topological polar surface area (TPSA) is 107 Å². The van der Waals surface area contributed by atoms with Gasteiger partial charge in [0.25, 0.3) is 0 Å². The monoisotopic (exact) mass is 372 g/mol. The van der Waals surface area contributed by atoms with Crippen molar-refractivity contribution in [3.63, 3.8) is 0 Å². The molecule has 9 heteroatoms. The zero-order valence-corrected chi connectivity index (χ0v) is 13.3. The molecule has 0 aliphatic carbocycles. The van der Waals surface area contributed by atoms with Gasteiger partial charge in [0.05, 0.1) is 12.4 Å². The molecule has 1 aromatic heterocycles. The number of nitrogens with one attached hydrogen (secondary N) is 1. The van der Waals surface area contributed by atoms with Gasteiger partial charge in [-0.15, -0.1) is 0 Å². The summed E-state index contributed by atoms with van der Waals surface area (Å²) >= 11 is 3.12. The highest BCUT2D eigenvalue weighted by atomic mass is 79.9. The summed E-state index contributed by atoms with van der Waals surface area (Å²) in [6.07, 6.45) is 2.73. The van der Waals surface area contributed by atoms with Gasteiger partial charge in [0, 0.05) is 5.69 Å². The van der Waals surface area contributed by atoms with Crippen LogP contribution in [0.1, 0.15) is 0 Å². The summed E-state index contributed by atoms with van der Waals surface area (Å²) in [6.45, 7) is 0.0171. The highest BCUT2D eigenvalue weighted by molar-refractivity contribution is 9.10. The maximum Gasteiger partial charge on any atom is 0.237 e. The van der Waals surface area contributed by atoms with Crippen molar-refractivity contribution in [3.05, 3.63) is 41.3 Å². The summed E-state index contributed by atoms with van der Waals surface area (Å²) in [4.78, 5) is 7.77. The average molecular weight is 373 g/mol. The first-order valence-electron chi connectivity index (χ1n) is 5.91. The Bertz CT molecular complexity index is 689. The maximum absolute atomic E-state index is 11.8. The van der Waals surface area contributed by atoms with Crippen LogP contribution in [0.15, 0.2) is 41.3 Å². The molecule has 3 N–H and O–H groups in total. The summed E-state index contributed by atoms with van der Waals surface area (Å²) < 4.78 is 31.9. The van der Waals surface area contributed by atoms with E-state index in [0.717, 1.165) is 0 Å². The fraction of sp³-hybridized carbons (Fsp3) is 0.167. The number of aromatic nitrogens is 2. The molecule has 0 unspecified atom stereocenters. The Morgan fingerprint density at radius 3 is 2.52 bits per heavy atom. The Balaban J connectivity index is 1.86. The second-order valence-corrected chi connectivity index (χ2v) is 6.72. The Hall–Kier alpha value is -1.87. The molecule has 0 atom stereocenters. The van der Waals surface area contributed by atoms with Crippen LogP contribution in [-0.4, -0.2) is 30.7 Å². The van der Waals surface area contributed by atoms with E-state index < -0.39 is 10.0 Å². The van der Waals surface area contributed by atoms with Gasteiger partial charge in [0.2, 0.25) is 10.0 Å². The van der Waals surface area contributed by atoms with Gasteiger partial charge in [0.1, 0.15) is 22.7 Å². The van der Waals surface area contributed by atoms with Crippen molar-refractivity contribution in [3.8, 4) is 5.75 Å². The molecular weight excluding hydrogens is 360 g/mol. The van der Waals surface area contributed by atoms with Crippen molar-refractivity contribution in [1.82, 2.24) is 9.97 Å². The number of nitrogens with two attached hydrogens (primary N) is 1. The Morgan fingerprint density at radius 1 is 1.19 bits per heavy atom. The van der Waals surface area contributed by atoms with Crippen molar-refractivity contribution in [2.45, 2.75) is 0 Å². The number of hydrogen-bond donors (Lipinski definition) is 2. The standard InChI is InChI=1S/C12H13BrN4O3S/c13-11-7-16-12(8-15-11)17-21(18,19)6-5-20-10-3-1-9(14)2-4-10/h1-4,7-8H,5-6,14H2,(H,16,17). The molecule has 21 heavy (non-hydrogen) atoms. The number of nitrogens with zero attached hydrogens (tertiary/aromatic N) is 2. The van der Waals surface area contributed by atoms with Gasteiger partial charge in [-0.3, -0.25) is 4.72 Å². The van der Waals surface area contributed by atoms with E-state index in [1.807, 2.05) is 0 Å². The second-order valence-electron chi connectivity index (χ2n) is 4.06. The van der Waals surface area contributed by atoms with Crippen molar-refractivity contribution in [1.29, 1.82) is 0 Å². The van der Waals surface area contributed by atoms with Crippen molar-refractivity contribution in [2.75, 3.05) is 22.8 Å². The van der Waals surface area contributed by atoms with Crippen molar-refractivity contribution >= 4 is 37.5 Å². The molecule has 0 saturated heterocycles. The van der Waals surface area contributed by atoms with Gasteiger partial charge in [0.15, 0.2) is 5.82 Å². The summed E-state index contributed by atoms with van der Waals surface area (Å²) in [5.74, 6) is 0.517. The molecule has 0 aliphatic rings. The van der Waals surface area contributed by atoms with Crippen LogP contribution in [0.5, 0.6) is 5.75 Å². The SMILES string of the molecule is Nc1ccc(OCCS(=O)(=O)Nc2cnc(Br)cn2)cc1. The molecule has 0 saturated carbocycles. The third kappa shape index (κ3) is 5.20. The van der Waals surface area contributed by atoms with Crippen molar-refractivity contribution in [2.24, 2.45) is 0 Å². The Kier molecular flexibility index (Phi) is 4.97. The van der Waals surface area contributed by atoms with Crippen LogP contribution >= 0.6 is 15.9 Å². The fourth-order valence-corrected chi connectivity index (χ4v) is 2.44. The van der Waals surface area contributed by atoms with Gasteiger partial charge >= 0.3 is 0 Å². The molecule has 0 amide bonds. The number of nitrogen functional groups attached to an aromatic ring is 1. The molecule has 7 nitrogen and oxygen atoms in total. The lowest BCUT2D eigenvalue weighted by molar-refractivity contribution is 0.341. The average Bonchev–Trinajstić information content (AvgIpc) is 2.43. The third-order valence-corrected chi connectivity index (χ3v) is 4.02. The molecular formula is C12H13BrN4O3S. The molecule has 112 valence electrons. The van der Waals surface area contributed by atoms with Crippen LogP contribution in [0.4, 0.5) is 11.5 Å². The fourth-order valence-electron chi connectivity index (χ4n) is 1.41. The Morgan fingerprint density at radius 2 is 1.90 bits per heavy atom. The smallest absolute Gasteiger partial charge is 0.237 e. The van der Waals surface area contributed by atoms with Crippen LogP contribution in [-0.2, 0) is 10.0 Å². The maximum atomic E-state index is 11.8. The number of benzene rings is 1. The molecule has 0 radical (unpaired) electrons. The van der Waals surface area contributed by atoms with Crippen LogP contribution in [0, 0.1) is 0 Å². The lowest BCUT2D eigenvalue weighted by Crippen LogP contribution is -2.21. The predicted octanol–water partition coefficient (Wildman–Crippen LogP) is 1.64. The largest absolute Gasteiger partial charge is 0.492 e.